The molecule has 0 saturated heterocycles. The molecular formula is C20H36NO6P2+. The summed E-state index contributed by atoms with van der Waals surface area (Å²) in [7, 11) is -9.87. The van der Waals surface area contributed by atoms with Gasteiger partial charge in [-0.05, 0) is 24.0 Å². The van der Waals surface area contributed by atoms with Crippen LogP contribution in [-0.2, 0) is 17.5 Å². The van der Waals surface area contributed by atoms with Gasteiger partial charge in [-0.25, -0.2) is 9.56 Å². The highest BCUT2D eigenvalue weighted by Gasteiger charge is 2.51. The summed E-state index contributed by atoms with van der Waals surface area (Å²) >= 11 is 0. The zero-order valence-electron chi connectivity index (χ0n) is 17.3. The monoisotopic (exact) mass is 448 g/mol. The molecule has 1 aromatic rings. The zero-order valence-corrected chi connectivity index (χ0v) is 19.1. The predicted octanol–water partition coefficient (Wildman–Crippen LogP) is 4.92. The molecule has 5 N–H and O–H groups in total. The fourth-order valence-corrected chi connectivity index (χ4v) is 5.07. The minimum atomic E-state index is -5.03. The van der Waals surface area contributed by atoms with Crippen LogP contribution in [0.2, 0.25) is 0 Å². The van der Waals surface area contributed by atoms with Crippen LogP contribution < -0.4 is 0 Å². The van der Waals surface area contributed by atoms with Crippen LogP contribution in [0.15, 0.2) is 29.3 Å². The second-order valence-corrected chi connectivity index (χ2v) is 10.9. The first-order valence-electron chi connectivity index (χ1n) is 10.4. The van der Waals surface area contributed by atoms with E-state index in [0.29, 0.717) is 5.56 Å². The minimum absolute atomic E-state index is 0.150. The molecule has 1 aromatic carbocycles. The van der Waals surface area contributed by atoms with Gasteiger partial charge in [-0.3, -0.25) is 0 Å². The smallest absolute Gasteiger partial charge is 0.317 e. The summed E-state index contributed by atoms with van der Waals surface area (Å²) in [6.07, 6.45) is 13.9. The topological polar surface area (TPSA) is 131 Å². The maximum atomic E-state index is 11.2. The molecule has 0 atom stereocenters. The van der Waals surface area contributed by atoms with Crippen LogP contribution in [0.1, 0.15) is 82.3 Å². The third kappa shape index (κ3) is 12.0. The van der Waals surface area contributed by atoms with Crippen LogP contribution in [0.5, 0.6) is 0 Å². The summed E-state index contributed by atoms with van der Waals surface area (Å²) in [6.45, 7) is 2.08. The number of benzene rings is 1. The average Bonchev–Trinajstić information content (AvgIpc) is 2.62. The maximum absolute atomic E-state index is 11.2. The van der Waals surface area contributed by atoms with Gasteiger partial charge in [0, 0.05) is 0 Å². The largest absolute Gasteiger partial charge is 0.469 e. The second-order valence-electron chi connectivity index (χ2n) is 7.48. The van der Waals surface area contributed by atoms with Crippen molar-refractivity contribution >= 4 is 20.7 Å². The Hall–Kier alpha value is -0.650. The highest BCUT2D eigenvalue weighted by Crippen LogP contribution is 2.60. The first-order chi connectivity index (χ1) is 13.6. The van der Waals surface area contributed by atoms with Crippen LogP contribution in [-0.4, -0.2) is 29.7 Å². The van der Waals surface area contributed by atoms with Crippen LogP contribution in [0.25, 0.3) is 0 Å². The number of hydrogen-bond acceptors (Lipinski definition) is 5. The van der Waals surface area contributed by atoms with E-state index in [-0.39, 0.29) is 6.54 Å². The number of aliphatic imine (C=N–C) groups is 1. The van der Waals surface area contributed by atoms with E-state index < -0.39 is 20.7 Å². The molecular weight excluding hydrogens is 412 g/mol. The highest BCUT2D eigenvalue weighted by atomic mass is 31.3. The minimum Gasteiger partial charge on any atom is -0.317 e. The third-order valence-corrected chi connectivity index (χ3v) is 7.70. The van der Waals surface area contributed by atoms with Gasteiger partial charge in [0.25, 0.3) is 0 Å². The molecule has 0 aliphatic rings. The zero-order chi connectivity index (χ0) is 21.8. The Labute approximate surface area is 174 Å². The highest BCUT2D eigenvalue weighted by molar-refractivity contribution is 8.00. The Kier molecular flexibility index (Phi) is 12.4. The predicted molar refractivity (Wildman–Crippen MR) is 119 cm³/mol. The van der Waals surface area contributed by atoms with E-state index in [0.717, 1.165) is 12.8 Å². The molecule has 0 fully saturated rings. The number of hydrogen-bond donors (Lipinski definition) is 5. The summed E-state index contributed by atoms with van der Waals surface area (Å²) in [5, 5.41) is -1.25. The fourth-order valence-electron chi connectivity index (χ4n) is 3.15. The molecule has 0 saturated carbocycles. The number of rotatable bonds is 15. The van der Waals surface area contributed by atoms with Crippen LogP contribution in [0.3, 0.4) is 0 Å². The lowest BCUT2D eigenvalue weighted by Gasteiger charge is -2.08. The van der Waals surface area contributed by atoms with E-state index in [9.17, 15) is 4.57 Å². The lowest BCUT2D eigenvalue weighted by Crippen LogP contribution is -2.06. The normalized spacial score (nSPS) is 13.1. The first kappa shape index (κ1) is 26.4. The van der Waals surface area contributed by atoms with Crippen molar-refractivity contribution in [2.75, 3.05) is 0 Å². The molecule has 0 unspecified atom stereocenters. The summed E-state index contributed by atoms with van der Waals surface area (Å²) < 4.78 is 11.2. The molecule has 0 amide bonds. The quantitative estimate of drug-likeness (QED) is 0.147. The van der Waals surface area contributed by atoms with Crippen molar-refractivity contribution in [2.45, 2.75) is 84.1 Å². The molecule has 0 radical (unpaired) electrons. The molecule has 0 spiro atoms. The van der Waals surface area contributed by atoms with Gasteiger partial charge >= 0.3 is 20.7 Å². The standard InChI is InChI=1S/C20H35NO6P2/c1-2-3-4-5-6-7-8-9-10-11-12-18-13-15-19(16-14-18)17-21-20(28(22,23)24)29(25,26)27/h13-16,22-24H,2-12,17H2,1H3,(H-,25,26,27)/p+1. The van der Waals surface area contributed by atoms with Crippen molar-refractivity contribution < 1.29 is 29.0 Å². The molecule has 7 nitrogen and oxygen atoms in total. The number of unbranched alkanes of at least 4 members (excludes halogenated alkanes) is 9. The van der Waals surface area contributed by atoms with Gasteiger partial charge in [0.2, 0.25) is 0 Å². The average molecular weight is 448 g/mol. The van der Waals surface area contributed by atoms with Crippen molar-refractivity contribution in [1.82, 2.24) is 0 Å². The van der Waals surface area contributed by atoms with Gasteiger partial charge in [0.15, 0.2) is 0 Å². The summed E-state index contributed by atoms with van der Waals surface area (Å²) in [6, 6.07) is 7.46. The fraction of sp³-hybridized carbons (Fsp3) is 0.650. The van der Waals surface area contributed by atoms with Crippen molar-refractivity contribution in [2.24, 2.45) is 4.99 Å². The molecule has 9 heteroatoms. The Balaban J connectivity index is 2.32. The van der Waals surface area contributed by atoms with Crippen molar-refractivity contribution in [3.8, 4) is 0 Å². The Morgan fingerprint density at radius 3 is 1.72 bits per heavy atom. The Bertz CT molecular complexity index is 652. The van der Waals surface area contributed by atoms with E-state index in [1.807, 2.05) is 12.1 Å². The lowest BCUT2D eigenvalue weighted by molar-refractivity contribution is 0.348. The molecule has 166 valence electrons. The maximum Gasteiger partial charge on any atom is 0.469 e. The third-order valence-electron chi connectivity index (χ3n) is 4.77. The van der Waals surface area contributed by atoms with Gasteiger partial charge in [-0.15, -0.1) is 0 Å². The molecule has 29 heavy (non-hydrogen) atoms. The Morgan fingerprint density at radius 2 is 1.28 bits per heavy atom. The first-order valence-corrected chi connectivity index (χ1v) is 13.7. The van der Waals surface area contributed by atoms with Gasteiger partial charge in [-0.2, -0.15) is 14.7 Å². The molecule has 0 bridgehead atoms. The summed E-state index contributed by atoms with van der Waals surface area (Å²) in [4.78, 5) is 49.2. The molecule has 1 rings (SSSR count). The van der Waals surface area contributed by atoms with Crippen LogP contribution in [0.4, 0.5) is 0 Å². The van der Waals surface area contributed by atoms with E-state index >= 15 is 0 Å². The molecule has 0 heterocycles. The summed E-state index contributed by atoms with van der Waals surface area (Å²) in [5.41, 5.74) is 1.84. The lowest BCUT2D eigenvalue weighted by atomic mass is 10.0. The molecule has 0 aliphatic carbocycles. The van der Waals surface area contributed by atoms with Crippen LogP contribution in [0, 0.1) is 0 Å². The van der Waals surface area contributed by atoms with Crippen molar-refractivity contribution in [1.29, 1.82) is 0 Å². The second kappa shape index (κ2) is 13.6. The van der Waals surface area contributed by atoms with Crippen molar-refractivity contribution in [3.63, 3.8) is 0 Å². The van der Waals surface area contributed by atoms with Gasteiger partial charge in [0.05, 0.1) is 6.54 Å². The van der Waals surface area contributed by atoms with Crippen molar-refractivity contribution in [3.05, 3.63) is 35.4 Å². The van der Waals surface area contributed by atoms with E-state index in [2.05, 4.69) is 11.9 Å². The summed E-state index contributed by atoms with van der Waals surface area (Å²) in [5.74, 6) is 0. The Morgan fingerprint density at radius 1 is 0.828 bits per heavy atom. The SMILES string of the molecule is CCCCCCCCCCCCc1ccc(CN=C(P(=O)(O)O)[P+](O)(O)O)cc1. The molecule has 0 aromatic heterocycles. The number of aryl methyl sites for hydroxylation is 1. The van der Waals surface area contributed by atoms with Gasteiger partial charge in [-0.1, -0.05) is 89.0 Å². The number of nitrogens with zero attached hydrogens (tertiary/aromatic N) is 1. The van der Waals surface area contributed by atoms with E-state index in [1.54, 1.807) is 12.1 Å². The van der Waals surface area contributed by atoms with E-state index in [1.165, 1.54) is 63.4 Å². The molecule has 0 aliphatic heterocycles. The van der Waals surface area contributed by atoms with Crippen LogP contribution >= 0.6 is 15.5 Å². The van der Waals surface area contributed by atoms with E-state index in [4.69, 9.17) is 24.5 Å². The van der Waals surface area contributed by atoms with Gasteiger partial charge < -0.3 is 9.79 Å². The van der Waals surface area contributed by atoms with Gasteiger partial charge in [0.1, 0.15) is 0 Å².